The van der Waals surface area contributed by atoms with E-state index in [1.807, 2.05) is 50.2 Å². The van der Waals surface area contributed by atoms with E-state index in [-0.39, 0.29) is 5.75 Å². The minimum Gasteiger partial charge on any atom is -0.506 e. The molecule has 0 radical (unpaired) electrons. The van der Waals surface area contributed by atoms with Crippen LogP contribution in [0.2, 0.25) is 0 Å². The standard InChI is InChI=1S/C26H26Br2N2O5/c1-26(2,13-6-5-12-22(31)30-34)24(19-14-17(27)15-20(28)23(19)32)35-25(33)29-21-11-7-9-16-8-3-4-10-18(16)21/h3-5,7-12,14-15,24,32,34H,6,13H2,1-2H3,(H,29,33)(H,30,31)/b12-5+/t24-/m0/s1. The van der Waals surface area contributed by atoms with Crippen molar-refractivity contribution in [3.63, 3.8) is 0 Å². The molecule has 9 heteroatoms. The van der Waals surface area contributed by atoms with Gasteiger partial charge in [-0.25, -0.2) is 10.3 Å². The molecule has 0 saturated heterocycles. The van der Waals surface area contributed by atoms with Gasteiger partial charge in [0.1, 0.15) is 11.9 Å². The second kappa shape index (κ2) is 11.7. The summed E-state index contributed by atoms with van der Waals surface area (Å²) in [5, 5.41) is 24.1. The van der Waals surface area contributed by atoms with Gasteiger partial charge < -0.3 is 9.84 Å². The Labute approximate surface area is 220 Å². The van der Waals surface area contributed by atoms with Crippen molar-refractivity contribution in [3.05, 3.63) is 81.3 Å². The Morgan fingerprint density at radius 1 is 1.11 bits per heavy atom. The normalized spacial score (nSPS) is 12.5. The number of hydrogen-bond donors (Lipinski definition) is 4. The summed E-state index contributed by atoms with van der Waals surface area (Å²) in [6.45, 7) is 3.83. The third-order valence-electron chi connectivity index (χ3n) is 5.64. The molecule has 2 amide bonds. The summed E-state index contributed by atoms with van der Waals surface area (Å²) < 4.78 is 7.11. The molecule has 3 rings (SSSR count). The Morgan fingerprint density at radius 3 is 2.57 bits per heavy atom. The van der Waals surface area contributed by atoms with Gasteiger partial charge in [-0.1, -0.05) is 72.3 Å². The number of halogens is 2. The van der Waals surface area contributed by atoms with Crippen molar-refractivity contribution in [2.75, 3.05) is 5.32 Å². The number of phenolic OH excluding ortho intramolecular Hbond substituents is 1. The second-order valence-electron chi connectivity index (χ2n) is 8.67. The number of fused-ring (bicyclic) bond motifs is 1. The average Bonchev–Trinajstić information content (AvgIpc) is 2.82. The Morgan fingerprint density at radius 2 is 1.83 bits per heavy atom. The first kappa shape index (κ1) is 26.7. The Hall–Kier alpha value is -2.88. The summed E-state index contributed by atoms with van der Waals surface area (Å²) in [6, 6.07) is 16.7. The Balaban J connectivity index is 1.90. The number of carbonyl (C=O) groups excluding carboxylic acids is 2. The summed E-state index contributed by atoms with van der Waals surface area (Å²) in [7, 11) is 0. The van der Waals surface area contributed by atoms with E-state index >= 15 is 0 Å². The number of allylic oxidation sites excluding steroid dienone is 1. The van der Waals surface area contributed by atoms with E-state index < -0.39 is 23.5 Å². The third-order valence-corrected chi connectivity index (χ3v) is 6.70. The topological polar surface area (TPSA) is 108 Å². The van der Waals surface area contributed by atoms with Crippen LogP contribution in [-0.4, -0.2) is 22.3 Å². The van der Waals surface area contributed by atoms with Crippen LogP contribution >= 0.6 is 31.9 Å². The number of hydroxylamine groups is 1. The Bertz CT molecular complexity index is 1250. The molecule has 0 bridgehead atoms. The van der Waals surface area contributed by atoms with Gasteiger partial charge >= 0.3 is 6.09 Å². The fraction of sp³-hybridized carbons (Fsp3) is 0.231. The summed E-state index contributed by atoms with van der Waals surface area (Å²) in [4.78, 5) is 24.3. The lowest BCUT2D eigenvalue weighted by atomic mass is 9.78. The summed E-state index contributed by atoms with van der Waals surface area (Å²) in [5.74, 6) is -0.655. The van der Waals surface area contributed by atoms with E-state index in [4.69, 9.17) is 9.94 Å². The molecule has 0 heterocycles. The molecule has 0 fully saturated rings. The first-order valence-corrected chi connectivity index (χ1v) is 12.4. The lowest BCUT2D eigenvalue weighted by Gasteiger charge is -2.34. The van der Waals surface area contributed by atoms with Crippen molar-refractivity contribution < 1.29 is 24.6 Å². The maximum absolute atomic E-state index is 13.1. The number of ether oxygens (including phenoxy) is 1. The summed E-state index contributed by atoms with van der Waals surface area (Å²) in [5.41, 5.74) is 1.95. The SMILES string of the molecule is CC(C)(CC/C=C/C(=O)NO)[C@@H](OC(=O)Nc1cccc2ccccc12)c1cc(Br)cc(Br)c1O. The second-order valence-corrected chi connectivity index (χ2v) is 10.4. The number of carbonyl (C=O) groups is 2. The molecule has 35 heavy (non-hydrogen) atoms. The van der Waals surface area contributed by atoms with Crippen molar-refractivity contribution >= 4 is 60.3 Å². The van der Waals surface area contributed by atoms with Gasteiger partial charge in [-0.15, -0.1) is 0 Å². The maximum Gasteiger partial charge on any atom is 0.412 e. The quantitative estimate of drug-likeness (QED) is 0.123. The van der Waals surface area contributed by atoms with Crippen molar-refractivity contribution in [2.24, 2.45) is 5.41 Å². The number of anilines is 1. The molecule has 0 unspecified atom stereocenters. The molecule has 7 nitrogen and oxygen atoms in total. The molecule has 0 aliphatic rings. The molecule has 0 saturated carbocycles. The Kier molecular flexibility index (Phi) is 8.93. The summed E-state index contributed by atoms with van der Waals surface area (Å²) in [6.07, 6.45) is 2.35. The van der Waals surface area contributed by atoms with E-state index in [9.17, 15) is 14.7 Å². The molecule has 0 aliphatic carbocycles. The predicted molar refractivity (Wildman–Crippen MR) is 142 cm³/mol. The van der Waals surface area contributed by atoms with Crippen molar-refractivity contribution in [3.8, 4) is 5.75 Å². The van der Waals surface area contributed by atoms with Gasteiger partial charge in [0.25, 0.3) is 5.91 Å². The molecule has 3 aromatic rings. The van der Waals surface area contributed by atoms with Crippen molar-refractivity contribution in [1.29, 1.82) is 0 Å². The van der Waals surface area contributed by atoms with Gasteiger partial charge in [-0.3, -0.25) is 15.3 Å². The molecule has 4 N–H and O–H groups in total. The molecule has 0 spiro atoms. The monoisotopic (exact) mass is 604 g/mol. The fourth-order valence-electron chi connectivity index (χ4n) is 3.82. The van der Waals surface area contributed by atoms with Gasteiger partial charge in [-0.2, -0.15) is 0 Å². The largest absolute Gasteiger partial charge is 0.506 e. The highest BCUT2D eigenvalue weighted by Crippen LogP contribution is 2.46. The number of nitrogens with one attached hydrogen (secondary N) is 2. The first-order valence-electron chi connectivity index (χ1n) is 10.9. The van der Waals surface area contributed by atoms with Crippen LogP contribution < -0.4 is 10.8 Å². The van der Waals surface area contributed by atoms with Crippen LogP contribution in [0.15, 0.2) is 75.7 Å². The fourth-order valence-corrected chi connectivity index (χ4v) is 5.08. The number of benzene rings is 3. The number of aromatic hydroxyl groups is 1. The van der Waals surface area contributed by atoms with Gasteiger partial charge in [-0.05, 0) is 52.4 Å². The van der Waals surface area contributed by atoms with Crippen LogP contribution in [0.25, 0.3) is 10.8 Å². The number of amides is 2. The van der Waals surface area contributed by atoms with Gasteiger partial charge in [0.2, 0.25) is 0 Å². The van der Waals surface area contributed by atoms with Crippen LogP contribution in [-0.2, 0) is 9.53 Å². The van der Waals surface area contributed by atoms with Crippen molar-refractivity contribution in [2.45, 2.75) is 32.8 Å². The van der Waals surface area contributed by atoms with Gasteiger partial charge in [0, 0.05) is 26.9 Å². The van der Waals surface area contributed by atoms with Gasteiger partial charge in [0.05, 0.1) is 10.2 Å². The van der Waals surface area contributed by atoms with Gasteiger partial charge in [0.15, 0.2) is 0 Å². The highest BCUT2D eigenvalue weighted by molar-refractivity contribution is 9.11. The minimum atomic E-state index is -0.827. The van der Waals surface area contributed by atoms with Crippen LogP contribution in [0.4, 0.5) is 10.5 Å². The van der Waals surface area contributed by atoms with E-state index in [2.05, 4.69) is 37.2 Å². The van der Waals surface area contributed by atoms with E-state index in [1.165, 1.54) is 6.08 Å². The molecule has 0 aromatic heterocycles. The molecule has 0 aliphatic heterocycles. The van der Waals surface area contributed by atoms with E-state index in [0.29, 0.717) is 33.0 Å². The van der Waals surface area contributed by atoms with Crippen LogP contribution in [0.1, 0.15) is 38.4 Å². The summed E-state index contributed by atoms with van der Waals surface area (Å²) >= 11 is 6.79. The lowest BCUT2D eigenvalue weighted by molar-refractivity contribution is -0.124. The zero-order valence-corrected chi connectivity index (χ0v) is 22.4. The highest BCUT2D eigenvalue weighted by Gasteiger charge is 2.36. The van der Waals surface area contributed by atoms with Crippen LogP contribution in [0.3, 0.4) is 0 Å². The van der Waals surface area contributed by atoms with Crippen LogP contribution in [0.5, 0.6) is 5.75 Å². The first-order chi connectivity index (χ1) is 16.6. The van der Waals surface area contributed by atoms with E-state index in [1.54, 1.807) is 29.8 Å². The molecular formula is C26H26Br2N2O5. The predicted octanol–water partition coefficient (Wildman–Crippen LogP) is 7.23. The molecule has 184 valence electrons. The minimum absolute atomic E-state index is 0.0283. The molecular weight excluding hydrogens is 580 g/mol. The highest BCUT2D eigenvalue weighted by atomic mass is 79.9. The smallest absolute Gasteiger partial charge is 0.412 e. The number of rotatable bonds is 8. The lowest BCUT2D eigenvalue weighted by Crippen LogP contribution is -2.29. The molecule has 1 atom stereocenters. The average molecular weight is 606 g/mol. The van der Waals surface area contributed by atoms with Crippen molar-refractivity contribution in [1.82, 2.24) is 5.48 Å². The van der Waals surface area contributed by atoms with Crippen LogP contribution in [0, 0.1) is 5.41 Å². The zero-order valence-electron chi connectivity index (χ0n) is 19.2. The molecule has 3 aromatic carbocycles. The third kappa shape index (κ3) is 6.84. The number of hydrogen-bond acceptors (Lipinski definition) is 5. The maximum atomic E-state index is 13.1. The van der Waals surface area contributed by atoms with E-state index in [0.717, 1.165) is 10.8 Å². The number of phenols is 1. The zero-order chi connectivity index (χ0) is 25.6.